The van der Waals surface area contributed by atoms with Crippen molar-refractivity contribution in [3.8, 4) is 11.1 Å². The smallest absolute Gasteiger partial charge is 0.331 e. The lowest BCUT2D eigenvalue weighted by Crippen LogP contribution is -2.59. The molecular weight excluding hydrogens is 433 g/mol. The topological polar surface area (TPSA) is 64.6 Å². The number of nitrogens with one attached hydrogen (secondary N) is 1. The number of esters is 1. The van der Waals surface area contributed by atoms with E-state index >= 15 is 0 Å². The van der Waals surface area contributed by atoms with Gasteiger partial charge in [0.25, 0.3) is 0 Å². The van der Waals surface area contributed by atoms with Crippen LogP contribution in [0.2, 0.25) is 5.02 Å². The zero-order chi connectivity index (χ0) is 23.5. The summed E-state index contributed by atoms with van der Waals surface area (Å²) in [5.41, 5.74) is 1.81. The molecule has 7 heteroatoms. The van der Waals surface area contributed by atoms with E-state index in [0.29, 0.717) is 31.2 Å². The van der Waals surface area contributed by atoms with Gasteiger partial charge in [0.2, 0.25) is 5.91 Å². The Kier molecular flexibility index (Phi) is 7.25. The first-order chi connectivity index (χ1) is 15.1. The van der Waals surface area contributed by atoms with Gasteiger partial charge in [0, 0.05) is 7.11 Å². The Morgan fingerprint density at radius 2 is 1.69 bits per heavy atom. The van der Waals surface area contributed by atoms with Gasteiger partial charge in [-0.25, -0.2) is 9.18 Å². The zero-order valence-corrected chi connectivity index (χ0v) is 19.6. The van der Waals surface area contributed by atoms with Crippen molar-refractivity contribution in [2.45, 2.75) is 57.1 Å². The van der Waals surface area contributed by atoms with E-state index in [1.54, 1.807) is 13.2 Å². The van der Waals surface area contributed by atoms with Gasteiger partial charge in [-0.05, 0) is 73.9 Å². The maximum absolute atomic E-state index is 13.9. The van der Waals surface area contributed by atoms with Gasteiger partial charge in [-0.1, -0.05) is 35.9 Å². The Balaban J connectivity index is 1.80. The van der Waals surface area contributed by atoms with Crippen LogP contribution in [-0.4, -0.2) is 37.2 Å². The Hall–Kier alpha value is -2.44. The molecule has 2 aromatic rings. The van der Waals surface area contributed by atoms with E-state index in [2.05, 4.69) is 5.32 Å². The van der Waals surface area contributed by atoms with Gasteiger partial charge in [-0.3, -0.25) is 4.79 Å². The second kappa shape index (κ2) is 9.59. The maximum Gasteiger partial charge on any atom is 0.331 e. The molecule has 1 aliphatic carbocycles. The number of ether oxygens (including phenoxy) is 2. The van der Waals surface area contributed by atoms with Crippen molar-refractivity contribution in [2.24, 2.45) is 0 Å². The molecule has 3 rings (SSSR count). The van der Waals surface area contributed by atoms with Crippen molar-refractivity contribution in [3.63, 3.8) is 0 Å². The summed E-state index contributed by atoms with van der Waals surface area (Å²) in [7, 11) is 2.99. The zero-order valence-electron chi connectivity index (χ0n) is 18.9. The normalized spacial score (nSPS) is 22.9. The number of benzene rings is 2. The fourth-order valence-electron chi connectivity index (χ4n) is 4.19. The van der Waals surface area contributed by atoms with E-state index in [1.807, 2.05) is 32.0 Å². The summed E-state index contributed by atoms with van der Waals surface area (Å²) < 4.78 is 24.5. The average molecular weight is 462 g/mol. The molecule has 172 valence electrons. The number of amides is 1. The highest BCUT2D eigenvalue weighted by Gasteiger charge is 2.47. The van der Waals surface area contributed by atoms with Gasteiger partial charge < -0.3 is 14.8 Å². The molecule has 32 heavy (non-hydrogen) atoms. The standard InChI is InChI=1S/C25H29ClFNO4/c1-16-5-6-17(18-7-8-20(26)21(27)14-18)13-19(16)15-22(29)28-25(23(30)31-3)11-9-24(2,32-4)10-12-25/h5-8,13-14H,9-12,15H2,1-4H3,(H,28,29)/t24-,25-. The van der Waals surface area contributed by atoms with Gasteiger partial charge in [0.05, 0.1) is 24.2 Å². The van der Waals surface area contributed by atoms with Crippen LogP contribution in [0.1, 0.15) is 43.7 Å². The molecule has 0 atom stereocenters. The first kappa shape index (κ1) is 24.2. The first-order valence-electron chi connectivity index (χ1n) is 10.6. The monoisotopic (exact) mass is 461 g/mol. The summed E-state index contributed by atoms with van der Waals surface area (Å²) in [5, 5.41) is 3.01. The number of rotatable bonds is 6. The Bertz CT molecular complexity index is 1010. The van der Waals surface area contributed by atoms with E-state index in [9.17, 15) is 14.0 Å². The molecule has 0 heterocycles. The molecular formula is C25H29ClFNO4. The SMILES string of the molecule is COC(=O)[C@]1(NC(=O)Cc2cc(-c3ccc(Cl)c(F)c3)ccc2C)CC[C@](C)(OC)CC1. The van der Waals surface area contributed by atoms with Crippen molar-refractivity contribution < 1.29 is 23.5 Å². The number of carbonyl (C=O) groups is 2. The van der Waals surface area contributed by atoms with Crippen LogP contribution in [0.5, 0.6) is 0 Å². The van der Waals surface area contributed by atoms with Crippen LogP contribution in [0.25, 0.3) is 11.1 Å². The molecule has 1 saturated carbocycles. The van der Waals surface area contributed by atoms with Crippen LogP contribution in [0, 0.1) is 12.7 Å². The summed E-state index contributed by atoms with van der Waals surface area (Å²) in [6.45, 7) is 3.92. The lowest BCUT2D eigenvalue weighted by molar-refractivity contribution is -0.155. The third-order valence-electron chi connectivity index (χ3n) is 6.56. The molecule has 0 bridgehead atoms. The van der Waals surface area contributed by atoms with Gasteiger partial charge >= 0.3 is 5.97 Å². The molecule has 0 unspecified atom stereocenters. The van der Waals surface area contributed by atoms with Crippen LogP contribution in [-0.2, 0) is 25.5 Å². The molecule has 5 nitrogen and oxygen atoms in total. The van der Waals surface area contributed by atoms with Crippen molar-refractivity contribution in [2.75, 3.05) is 14.2 Å². The number of hydrogen-bond donors (Lipinski definition) is 1. The van der Waals surface area contributed by atoms with Crippen molar-refractivity contribution in [1.29, 1.82) is 0 Å². The van der Waals surface area contributed by atoms with Crippen LogP contribution < -0.4 is 5.32 Å². The van der Waals surface area contributed by atoms with Gasteiger partial charge in [0.15, 0.2) is 0 Å². The molecule has 0 spiro atoms. The number of carbonyl (C=O) groups excluding carboxylic acids is 2. The van der Waals surface area contributed by atoms with Gasteiger partial charge in [-0.2, -0.15) is 0 Å². The Morgan fingerprint density at radius 3 is 2.28 bits per heavy atom. The first-order valence-corrected chi connectivity index (χ1v) is 11.0. The summed E-state index contributed by atoms with van der Waals surface area (Å²) in [6.07, 6.45) is 2.25. The van der Waals surface area contributed by atoms with E-state index < -0.39 is 17.3 Å². The van der Waals surface area contributed by atoms with E-state index in [-0.39, 0.29) is 23.0 Å². The minimum Gasteiger partial charge on any atom is -0.467 e. The molecule has 0 saturated heterocycles. The molecule has 1 fully saturated rings. The summed E-state index contributed by atoms with van der Waals surface area (Å²) in [4.78, 5) is 25.6. The lowest BCUT2D eigenvalue weighted by atomic mass is 9.74. The highest BCUT2D eigenvalue weighted by atomic mass is 35.5. The van der Waals surface area contributed by atoms with Crippen molar-refractivity contribution >= 4 is 23.5 Å². The third-order valence-corrected chi connectivity index (χ3v) is 6.87. The predicted molar refractivity (Wildman–Crippen MR) is 122 cm³/mol. The number of halogens is 2. The van der Waals surface area contributed by atoms with E-state index in [0.717, 1.165) is 16.7 Å². The molecule has 1 aliphatic rings. The summed E-state index contributed by atoms with van der Waals surface area (Å²) in [5.74, 6) is -1.20. The molecule has 1 amide bonds. The average Bonchev–Trinajstić information content (AvgIpc) is 2.78. The van der Waals surface area contributed by atoms with Crippen molar-refractivity contribution in [3.05, 3.63) is 58.4 Å². The number of hydrogen-bond acceptors (Lipinski definition) is 4. The predicted octanol–water partition coefficient (Wildman–Crippen LogP) is 5.00. The quantitative estimate of drug-likeness (QED) is 0.614. The largest absolute Gasteiger partial charge is 0.467 e. The highest BCUT2D eigenvalue weighted by molar-refractivity contribution is 6.30. The molecule has 0 aromatic heterocycles. The molecule has 0 radical (unpaired) electrons. The second-order valence-corrected chi connectivity index (χ2v) is 9.13. The number of methoxy groups -OCH3 is 2. The van der Waals surface area contributed by atoms with Crippen LogP contribution in [0.3, 0.4) is 0 Å². The number of aryl methyl sites for hydroxylation is 1. The lowest BCUT2D eigenvalue weighted by Gasteiger charge is -2.42. The molecule has 1 N–H and O–H groups in total. The van der Waals surface area contributed by atoms with Crippen LogP contribution in [0.4, 0.5) is 4.39 Å². The highest BCUT2D eigenvalue weighted by Crippen LogP contribution is 2.37. The summed E-state index contributed by atoms with van der Waals surface area (Å²) in [6, 6.07) is 10.3. The van der Waals surface area contributed by atoms with E-state index in [1.165, 1.54) is 19.2 Å². The van der Waals surface area contributed by atoms with Gasteiger partial charge in [0.1, 0.15) is 11.4 Å². The van der Waals surface area contributed by atoms with Crippen LogP contribution in [0.15, 0.2) is 36.4 Å². The summed E-state index contributed by atoms with van der Waals surface area (Å²) >= 11 is 5.79. The van der Waals surface area contributed by atoms with Gasteiger partial charge in [-0.15, -0.1) is 0 Å². The Morgan fingerprint density at radius 1 is 1.06 bits per heavy atom. The fourth-order valence-corrected chi connectivity index (χ4v) is 4.30. The second-order valence-electron chi connectivity index (χ2n) is 8.72. The minimum atomic E-state index is -1.06. The molecule has 0 aliphatic heterocycles. The fraction of sp³-hybridized carbons (Fsp3) is 0.440. The molecule has 2 aromatic carbocycles. The Labute approximate surface area is 193 Å². The van der Waals surface area contributed by atoms with E-state index in [4.69, 9.17) is 21.1 Å². The maximum atomic E-state index is 13.9. The third kappa shape index (κ3) is 5.13. The van der Waals surface area contributed by atoms with Crippen LogP contribution >= 0.6 is 11.6 Å². The van der Waals surface area contributed by atoms with Crippen molar-refractivity contribution in [1.82, 2.24) is 5.32 Å². The minimum absolute atomic E-state index is 0.0608.